The molecule has 4 saturated carbocycles. The van der Waals surface area contributed by atoms with Gasteiger partial charge >= 0.3 is 0 Å². The number of alkyl halides is 1. The maximum Gasteiger partial charge on any atom is 0.232 e. The summed E-state index contributed by atoms with van der Waals surface area (Å²) in [5, 5.41) is 3.90. The number of halogens is 1. The Balaban J connectivity index is 1.44. The van der Waals surface area contributed by atoms with Crippen LogP contribution in [0.15, 0.2) is 24.3 Å². The Morgan fingerprint density at radius 2 is 1.96 bits per heavy atom. The van der Waals surface area contributed by atoms with Crippen molar-refractivity contribution in [3.8, 4) is 0 Å². The molecule has 4 fully saturated rings. The highest BCUT2D eigenvalue weighted by Crippen LogP contribution is 2.64. The SMILES string of the molecule is O=C(Nc1nc2ccccc2s1)C12C[C@@H]3C[C@@H](CC(Br)(C3)C1)C2. The van der Waals surface area contributed by atoms with Crippen molar-refractivity contribution < 1.29 is 4.79 Å². The van der Waals surface area contributed by atoms with Gasteiger partial charge in [-0.3, -0.25) is 4.79 Å². The summed E-state index contributed by atoms with van der Waals surface area (Å²) >= 11 is 5.56. The second kappa shape index (κ2) is 4.79. The number of fused-ring (bicyclic) bond motifs is 1. The molecular formula is C18H19BrN2OS. The third-order valence-corrected chi connectivity index (χ3v) is 7.87. The summed E-state index contributed by atoms with van der Waals surface area (Å²) in [6, 6.07) is 8.06. The second-order valence-electron chi connectivity index (χ2n) is 7.83. The highest BCUT2D eigenvalue weighted by Gasteiger charge is 2.59. The van der Waals surface area contributed by atoms with Gasteiger partial charge in [0, 0.05) is 4.32 Å². The van der Waals surface area contributed by atoms with Crippen molar-refractivity contribution in [1.82, 2.24) is 4.98 Å². The number of hydrogen-bond acceptors (Lipinski definition) is 3. The van der Waals surface area contributed by atoms with Gasteiger partial charge in [0.15, 0.2) is 5.13 Å². The molecule has 0 radical (unpaired) electrons. The van der Waals surface area contributed by atoms with Crippen LogP contribution in [0, 0.1) is 17.3 Å². The predicted octanol–water partition coefficient (Wildman–Crippen LogP) is 4.97. The number of amides is 1. The summed E-state index contributed by atoms with van der Waals surface area (Å²) in [5.41, 5.74) is 0.793. The number of thiazole rings is 1. The minimum Gasteiger partial charge on any atom is -0.301 e. The predicted molar refractivity (Wildman–Crippen MR) is 97.0 cm³/mol. The van der Waals surface area contributed by atoms with Crippen molar-refractivity contribution >= 4 is 48.5 Å². The van der Waals surface area contributed by atoms with Gasteiger partial charge in [0.25, 0.3) is 0 Å². The average molecular weight is 391 g/mol. The maximum atomic E-state index is 13.1. The first-order chi connectivity index (χ1) is 11.0. The van der Waals surface area contributed by atoms with Crippen LogP contribution in [0.1, 0.15) is 38.5 Å². The molecule has 120 valence electrons. The van der Waals surface area contributed by atoms with Gasteiger partial charge in [-0.25, -0.2) is 4.98 Å². The molecule has 0 spiro atoms. The topological polar surface area (TPSA) is 42.0 Å². The Labute approximate surface area is 148 Å². The molecule has 0 aliphatic heterocycles. The number of nitrogens with zero attached hydrogens (tertiary/aromatic N) is 1. The molecular weight excluding hydrogens is 372 g/mol. The Morgan fingerprint density at radius 1 is 1.22 bits per heavy atom. The molecule has 4 aliphatic rings. The first-order valence-electron chi connectivity index (χ1n) is 8.40. The summed E-state index contributed by atoms with van der Waals surface area (Å²) in [5.74, 6) is 1.64. The number of para-hydroxylation sites is 1. The van der Waals surface area contributed by atoms with E-state index in [0.29, 0.717) is 0 Å². The number of benzene rings is 1. The molecule has 2 unspecified atom stereocenters. The number of anilines is 1. The summed E-state index contributed by atoms with van der Waals surface area (Å²) in [6.45, 7) is 0. The van der Waals surface area contributed by atoms with Crippen molar-refractivity contribution in [3.05, 3.63) is 24.3 Å². The third kappa shape index (κ3) is 2.27. The minimum absolute atomic E-state index is 0.175. The normalized spacial score (nSPS) is 38.1. The molecule has 5 heteroatoms. The van der Waals surface area contributed by atoms with Crippen LogP contribution in [0.3, 0.4) is 0 Å². The summed E-state index contributed by atoms with van der Waals surface area (Å²) in [4.78, 5) is 17.7. The van der Waals surface area contributed by atoms with Gasteiger partial charge in [-0.05, 0) is 62.5 Å². The fourth-order valence-electron chi connectivity index (χ4n) is 5.57. The van der Waals surface area contributed by atoms with Crippen LogP contribution in [0.25, 0.3) is 10.2 Å². The third-order valence-electron chi connectivity index (χ3n) is 5.99. The molecule has 0 saturated heterocycles. The Hall–Kier alpha value is -0.940. The maximum absolute atomic E-state index is 13.1. The standard InChI is InChI=1S/C18H19BrN2OS/c19-18-8-11-5-12(9-18)7-17(6-11,10-18)15(22)21-16-20-13-3-1-2-4-14(13)23-16/h1-4,11-12H,5-10H2,(H,20,21,22)/t11-,12+,17?,18?. The van der Waals surface area contributed by atoms with Crippen LogP contribution in [-0.2, 0) is 4.79 Å². The fourth-order valence-corrected chi connectivity index (χ4v) is 7.89. The smallest absolute Gasteiger partial charge is 0.232 e. The molecule has 1 aromatic heterocycles. The van der Waals surface area contributed by atoms with E-state index in [1.165, 1.54) is 19.3 Å². The van der Waals surface area contributed by atoms with Crippen LogP contribution in [0.2, 0.25) is 0 Å². The molecule has 2 aromatic rings. The van der Waals surface area contributed by atoms with E-state index >= 15 is 0 Å². The number of carbonyl (C=O) groups is 1. The van der Waals surface area contributed by atoms with Gasteiger partial charge in [0.2, 0.25) is 5.91 Å². The largest absolute Gasteiger partial charge is 0.301 e. The number of aromatic nitrogens is 1. The van der Waals surface area contributed by atoms with Crippen LogP contribution in [-0.4, -0.2) is 15.2 Å². The average Bonchev–Trinajstić information content (AvgIpc) is 2.86. The summed E-state index contributed by atoms with van der Waals surface area (Å²) < 4.78 is 1.34. The van der Waals surface area contributed by atoms with Gasteiger partial charge in [-0.1, -0.05) is 39.4 Å². The Morgan fingerprint density at radius 3 is 2.65 bits per heavy atom. The van der Waals surface area contributed by atoms with E-state index in [1.807, 2.05) is 18.2 Å². The zero-order chi connectivity index (χ0) is 15.7. The molecule has 1 amide bonds. The zero-order valence-corrected chi connectivity index (χ0v) is 15.3. The van der Waals surface area contributed by atoms with E-state index in [9.17, 15) is 4.79 Å². The molecule has 3 nitrogen and oxygen atoms in total. The van der Waals surface area contributed by atoms with E-state index < -0.39 is 0 Å². The van der Waals surface area contributed by atoms with Crippen molar-refractivity contribution in [2.24, 2.45) is 17.3 Å². The molecule has 4 atom stereocenters. The molecule has 1 N–H and O–H groups in total. The minimum atomic E-state index is -0.175. The number of rotatable bonds is 2. The quantitative estimate of drug-likeness (QED) is 0.735. The first kappa shape index (κ1) is 14.4. The van der Waals surface area contributed by atoms with E-state index in [2.05, 4.69) is 32.3 Å². The lowest BCUT2D eigenvalue weighted by molar-refractivity contribution is -0.138. The lowest BCUT2D eigenvalue weighted by atomic mass is 9.49. The number of hydrogen-bond donors (Lipinski definition) is 1. The van der Waals surface area contributed by atoms with E-state index in [-0.39, 0.29) is 15.6 Å². The van der Waals surface area contributed by atoms with E-state index in [0.717, 1.165) is 46.4 Å². The number of nitrogens with one attached hydrogen (secondary N) is 1. The van der Waals surface area contributed by atoms with E-state index in [1.54, 1.807) is 11.3 Å². The first-order valence-corrected chi connectivity index (χ1v) is 10.0. The molecule has 1 heterocycles. The van der Waals surface area contributed by atoms with Crippen molar-refractivity contribution in [1.29, 1.82) is 0 Å². The highest BCUT2D eigenvalue weighted by molar-refractivity contribution is 9.10. The molecule has 1 aromatic carbocycles. The highest BCUT2D eigenvalue weighted by atomic mass is 79.9. The van der Waals surface area contributed by atoms with Crippen LogP contribution >= 0.6 is 27.3 Å². The summed E-state index contributed by atoms with van der Waals surface area (Å²) in [7, 11) is 0. The second-order valence-corrected chi connectivity index (χ2v) is 10.5. The van der Waals surface area contributed by atoms with E-state index in [4.69, 9.17) is 0 Å². The molecule has 23 heavy (non-hydrogen) atoms. The fraction of sp³-hybridized carbons (Fsp3) is 0.556. The summed E-state index contributed by atoms with van der Waals surface area (Å²) in [6.07, 6.45) is 6.94. The lowest BCUT2D eigenvalue weighted by Gasteiger charge is -2.59. The molecule has 4 aliphatic carbocycles. The van der Waals surface area contributed by atoms with Gasteiger partial charge < -0.3 is 5.32 Å². The zero-order valence-electron chi connectivity index (χ0n) is 12.8. The van der Waals surface area contributed by atoms with Gasteiger partial charge in [0.05, 0.1) is 15.6 Å². The molecule has 4 bridgehead atoms. The monoisotopic (exact) mass is 390 g/mol. The van der Waals surface area contributed by atoms with Crippen LogP contribution in [0.5, 0.6) is 0 Å². The van der Waals surface area contributed by atoms with Crippen molar-refractivity contribution in [2.75, 3.05) is 5.32 Å². The van der Waals surface area contributed by atoms with Gasteiger partial charge in [-0.2, -0.15) is 0 Å². The Bertz CT molecular complexity index is 754. The van der Waals surface area contributed by atoms with Crippen molar-refractivity contribution in [3.63, 3.8) is 0 Å². The van der Waals surface area contributed by atoms with Crippen LogP contribution < -0.4 is 5.32 Å². The van der Waals surface area contributed by atoms with Gasteiger partial charge in [0.1, 0.15) is 0 Å². The van der Waals surface area contributed by atoms with Gasteiger partial charge in [-0.15, -0.1) is 0 Å². The lowest BCUT2D eigenvalue weighted by Crippen LogP contribution is -2.57. The Kier molecular flexibility index (Phi) is 3.00. The van der Waals surface area contributed by atoms with Crippen molar-refractivity contribution in [2.45, 2.75) is 42.8 Å². The number of carbonyl (C=O) groups excluding carboxylic acids is 1. The molecule has 6 rings (SSSR count). The van der Waals surface area contributed by atoms with Crippen LogP contribution in [0.4, 0.5) is 5.13 Å².